The second kappa shape index (κ2) is 5.24. The van der Waals surface area contributed by atoms with E-state index < -0.39 is 0 Å². The van der Waals surface area contributed by atoms with Crippen LogP contribution in [0.4, 0.5) is 0 Å². The molecule has 2 aromatic rings. The maximum Gasteiger partial charge on any atom is 0.101 e. The van der Waals surface area contributed by atoms with Crippen molar-refractivity contribution in [1.29, 1.82) is 5.26 Å². The summed E-state index contributed by atoms with van der Waals surface area (Å²) in [5.74, 6) is 0. The van der Waals surface area contributed by atoms with Gasteiger partial charge in [0, 0.05) is 18.9 Å². The van der Waals surface area contributed by atoms with Crippen molar-refractivity contribution >= 4 is 0 Å². The largest absolute Gasteiger partial charge is 0.380 e. The SMILES string of the molecule is COCc1ccc(-c2ccc(C#N)cn2)cc1. The Kier molecular flexibility index (Phi) is 3.49. The lowest BCUT2D eigenvalue weighted by Gasteiger charge is -2.03. The molecule has 0 aliphatic rings. The average molecular weight is 224 g/mol. The summed E-state index contributed by atoms with van der Waals surface area (Å²) in [6.45, 7) is 0.612. The quantitative estimate of drug-likeness (QED) is 0.805. The van der Waals surface area contributed by atoms with Gasteiger partial charge in [-0.25, -0.2) is 0 Å². The first-order valence-electron chi connectivity index (χ1n) is 5.28. The lowest BCUT2D eigenvalue weighted by atomic mass is 10.1. The Morgan fingerprint density at radius 3 is 2.47 bits per heavy atom. The molecule has 3 heteroatoms. The van der Waals surface area contributed by atoms with Gasteiger partial charge in [-0.2, -0.15) is 5.26 Å². The number of ether oxygens (including phenoxy) is 1. The van der Waals surface area contributed by atoms with Crippen LogP contribution in [0, 0.1) is 11.3 Å². The Labute approximate surface area is 100 Å². The van der Waals surface area contributed by atoms with E-state index in [1.165, 1.54) is 0 Å². The third-order valence-corrected chi connectivity index (χ3v) is 2.45. The van der Waals surface area contributed by atoms with Gasteiger partial charge in [-0.1, -0.05) is 24.3 Å². The molecule has 1 heterocycles. The molecule has 0 saturated carbocycles. The van der Waals surface area contributed by atoms with Crippen LogP contribution in [0.5, 0.6) is 0 Å². The van der Waals surface area contributed by atoms with E-state index in [0.29, 0.717) is 12.2 Å². The topological polar surface area (TPSA) is 45.9 Å². The lowest BCUT2D eigenvalue weighted by Crippen LogP contribution is -1.88. The first-order chi connectivity index (χ1) is 8.33. The van der Waals surface area contributed by atoms with Crippen molar-refractivity contribution in [2.45, 2.75) is 6.61 Å². The number of pyridine rings is 1. The molecule has 84 valence electrons. The first-order valence-corrected chi connectivity index (χ1v) is 5.28. The number of hydrogen-bond acceptors (Lipinski definition) is 3. The molecule has 0 aliphatic heterocycles. The summed E-state index contributed by atoms with van der Waals surface area (Å²) in [4.78, 5) is 4.24. The van der Waals surface area contributed by atoms with E-state index in [1.807, 2.05) is 30.3 Å². The monoisotopic (exact) mass is 224 g/mol. The fourth-order valence-corrected chi connectivity index (χ4v) is 1.57. The number of nitriles is 1. The molecule has 0 N–H and O–H groups in total. The molecule has 0 fully saturated rings. The molecule has 0 radical (unpaired) electrons. The van der Waals surface area contributed by atoms with Crippen LogP contribution in [-0.4, -0.2) is 12.1 Å². The zero-order valence-corrected chi connectivity index (χ0v) is 9.55. The van der Waals surface area contributed by atoms with Gasteiger partial charge in [0.2, 0.25) is 0 Å². The summed E-state index contributed by atoms with van der Waals surface area (Å²) in [5.41, 5.74) is 3.61. The molecule has 0 spiro atoms. The van der Waals surface area contributed by atoms with Gasteiger partial charge in [0.05, 0.1) is 17.9 Å². The van der Waals surface area contributed by atoms with Crippen molar-refractivity contribution in [3.63, 3.8) is 0 Å². The highest BCUT2D eigenvalue weighted by Gasteiger charge is 1.99. The number of rotatable bonds is 3. The van der Waals surface area contributed by atoms with Gasteiger partial charge in [0.15, 0.2) is 0 Å². The highest BCUT2D eigenvalue weighted by Crippen LogP contribution is 2.17. The van der Waals surface area contributed by atoms with Crippen molar-refractivity contribution in [3.8, 4) is 17.3 Å². The number of benzene rings is 1. The molecular weight excluding hydrogens is 212 g/mol. The van der Waals surface area contributed by atoms with Gasteiger partial charge < -0.3 is 4.74 Å². The Hall–Kier alpha value is -2.18. The highest BCUT2D eigenvalue weighted by atomic mass is 16.5. The molecule has 1 aromatic carbocycles. The zero-order valence-electron chi connectivity index (χ0n) is 9.55. The van der Waals surface area contributed by atoms with Gasteiger partial charge in [0.25, 0.3) is 0 Å². The number of nitrogens with zero attached hydrogens (tertiary/aromatic N) is 2. The standard InChI is InChI=1S/C14H12N2O/c1-17-10-11-2-5-13(6-3-11)14-7-4-12(8-15)9-16-14/h2-7,9H,10H2,1H3. The summed E-state index contributed by atoms with van der Waals surface area (Å²) in [5, 5.41) is 8.69. The van der Waals surface area contributed by atoms with E-state index >= 15 is 0 Å². The summed E-state index contributed by atoms with van der Waals surface area (Å²) >= 11 is 0. The molecule has 2 rings (SSSR count). The summed E-state index contributed by atoms with van der Waals surface area (Å²) in [6.07, 6.45) is 1.58. The molecule has 0 unspecified atom stereocenters. The minimum Gasteiger partial charge on any atom is -0.380 e. The molecule has 0 atom stereocenters. The Bertz CT molecular complexity index is 524. The fraction of sp³-hybridized carbons (Fsp3) is 0.143. The van der Waals surface area contributed by atoms with Gasteiger partial charge in [-0.15, -0.1) is 0 Å². The van der Waals surface area contributed by atoms with Crippen LogP contribution in [-0.2, 0) is 11.3 Å². The van der Waals surface area contributed by atoms with Crippen molar-refractivity contribution in [1.82, 2.24) is 4.98 Å². The molecule has 3 nitrogen and oxygen atoms in total. The molecule has 0 aliphatic carbocycles. The van der Waals surface area contributed by atoms with Crippen LogP contribution >= 0.6 is 0 Å². The molecule has 0 amide bonds. The lowest BCUT2D eigenvalue weighted by molar-refractivity contribution is 0.185. The predicted octanol–water partition coefficient (Wildman–Crippen LogP) is 2.77. The second-order valence-corrected chi connectivity index (χ2v) is 3.67. The van der Waals surface area contributed by atoms with Crippen molar-refractivity contribution < 1.29 is 4.74 Å². The molecule has 17 heavy (non-hydrogen) atoms. The average Bonchev–Trinajstić information content (AvgIpc) is 2.40. The molecule has 0 saturated heterocycles. The van der Waals surface area contributed by atoms with Crippen LogP contribution in [0.1, 0.15) is 11.1 Å². The molecule has 0 bridgehead atoms. The normalized spacial score (nSPS) is 9.88. The van der Waals surface area contributed by atoms with Crippen LogP contribution < -0.4 is 0 Å². The zero-order chi connectivity index (χ0) is 12.1. The van der Waals surface area contributed by atoms with Gasteiger partial charge >= 0.3 is 0 Å². The first kappa shape index (κ1) is 11.3. The van der Waals surface area contributed by atoms with E-state index in [-0.39, 0.29) is 0 Å². The summed E-state index contributed by atoms with van der Waals surface area (Å²) in [7, 11) is 1.68. The van der Waals surface area contributed by atoms with Gasteiger partial charge in [-0.3, -0.25) is 4.98 Å². The number of methoxy groups -OCH3 is 1. The third kappa shape index (κ3) is 2.68. The van der Waals surface area contributed by atoms with E-state index in [1.54, 1.807) is 19.4 Å². The Morgan fingerprint density at radius 1 is 1.18 bits per heavy atom. The van der Waals surface area contributed by atoms with Gasteiger partial charge in [0.1, 0.15) is 6.07 Å². The Balaban J connectivity index is 2.24. The Morgan fingerprint density at radius 2 is 1.94 bits per heavy atom. The molecular formula is C14H12N2O. The minimum absolute atomic E-state index is 0.574. The van der Waals surface area contributed by atoms with E-state index in [2.05, 4.69) is 11.1 Å². The van der Waals surface area contributed by atoms with E-state index in [9.17, 15) is 0 Å². The summed E-state index contributed by atoms with van der Waals surface area (Å²) < 4.78 is 5.05. The molecule has 1 aromatic heterocycles. The maximum atomic E-state index is 8.69. The van der Waals surface area contributed by atoms with Crippen molar-refractivity contribution in [2.75, 3.05) is 7.11 Å². The van der Waals surface area contributed by atoms with Crippen molar-refractivity contribution in [3.05, 3.63) is 53.7 Å². The third-order valence-electron chi connectivity index (χ3n) is 2.45. The van der Waals surface area contributed by atoms with Crippen LogP contribution in [0.3, 0.4) is 0 Å². The predicted molar refractivity (Wildman–Crippen MR) is 65.1 cm³/mol. The smallest absolute Gasteiger partial charge is 0.101 e. The van der Waals surface area contributed by atoms with Crippen LogP contribution in [0.15, 0.2) is 42.6 Å². The fourth-order valence-electron chi connectivity index (χ4n) is 1.57. The van der Waals surface area contributed by atoms with Crippen LogP contribution in [0.2, 0.25) is 0 Å². The van der Waals surface area contributed by atoms with Crippen LogP contribution in [0.25, 0.3) is 11.3 Å². The highest BCUT2D eigenvalue weighted by molar-refractivity contribution is 5.59. The van der Waals surface area contributed by atoms with Crippen molar-refractivity contribution in [2.24, 2.45) is 0 Å². The van der Waals surface area contributed by atoms with Gasteiger partial charge in [-0.05, 0) is 17.7 Å². The minimum atomic E-state index is 0.574. The van der Waals surface area contributed by atoms with E-state index in [4.69, 9.17) is 10.00 Å². The summed E-state index contributed by atoms with van der Waals surface area (Å²) in [6, 6.07) is 13.7. The van der Waals surface area contributed by atoms with E-state index in [0.717, 1.165) is 16.8 Å². The number of aromatic nitrogens is 1. The maximum absolute atomic E-state index is 8.69. The second-order valence-electron chi connectivity index (χ2n) is 3.67. The number of hydrogen-bond donors (Lipinski definition) is 0.